The summed E-state index contributed by atoms with van der Waals surface area (Å²) in [6.45, 7) is 5.37. The smallest absolute Gasteiger partial charge is 0.224 e. The fourth-order valence-electron chi connectivity index (χ4n) is 5.81. The van der Waals surface area contributed by atoms with Crippen molar-refractivity contribution in [3.63, 3.8) is 0 Å². The number of nitrogens with zero attached hydrogens (tertiary/aromatic N) is 4. The molecule has 1 fully saturated rings. The molecular formula is C34H32FN7O2. The number of carbonyl (C=O) groups is 1. The Morgan fingerprint density at radius 1 is 1.00 bits per heavy atom. The summed E-state index contributed by atoms with van der Waals surface area (Å²) in [5.74, 6) is 0.109. The molecule has 0 spiro atoms. The van der Waals surface area contributed by atoms with Crippen molar-refractivity contribution in [2.24, 2.45) is 0 Å². The minimum Gasteiger partial charge on any atom is -0.492 e. The lowest BCUT2D eigenvalue weighted by Gasteiger charge is -2.15. The van der Waals surface area contributed by atoms with Crippen LogP contribution in [0.25, 0.3) is 55.6 Å². The molecule has 1 saturated heterocycles. The van der Waals surface area contributed by atoms with Crippen LogP contribution in [0.15, 0.2) is 73.2 Å². The standard InChI is InChI=1S/C34H32FN7O2/c1-2-33(43)38-24-13-22(18-36-19-24)30-17-28-32(20-37-30)40-41-34(28)31-16-27-26(6-5-7-29(27)39-31)21-12-23(35)15-25(14-21)44-11-10-42-8-3-4-9-42/h5-7,12-20,39H,2-4,8-11H2,1H3,(H,38,43)(H,40,41). The Hall–Kier alpha value is -5.09. The van der Waals surface area contributed by atoms with Crippen LogP contribution in [-0.2, 0) is 4.79 Å². The van der Waals surface area contributed by atoms with Crippen LogP contribution in [0.1, 0.15) is 26.2 Å². The van der Waals surface area contributed by atoms with Crippen LogP contribution in [0.3, 0.4) is 0 Å². The molecule has 0 bridgehead atoms. The van der Waals surface area contributed by atoms with Gasteiger partial charge in [0, 0.05) is 47.1 Å². The van der Waals surface area contributed by atoms with Gasteiger partial charge in [0.25, 0.3) is 0 Å². The minimum absolute atomic E-state index is 0.0813. The second kappa shape index (κ2) is 11.9. The van der Waals surface area contributed by atoms with Crippen molar-refractivity contribution in [2.75, 3.05) is 31.6 Å². The van der Waals surface area contributed by atoms with Gasteiger partial charge in [-0.3, -0.25) is 24.8 Å². The van der Waals surface area contributed by atoms with Crippen LogP contribution in [0.2, 0.25) is 0 Å². The molecule has 2 aromatic carbocycles. The number of ether oxygens (including phenoxy) is 1. The highest BCUT2D eigenvalue weighted by Gasteiger charge is 2.17. The number of H-pyrrole nitrogens is 2. The number of aromatic amines is 2. The molecule has 1 aliphatic heterocycles. The lowest BCUT2D eigenvalue weighted by molar-refractivity contribution is -0.115. The van der Waals surface area contributed by atoms with E-state index in [4.69, 9.17) is 4.74 Å². The van der Waals surface area contributed by atoms with E-state index in [1.807, 2.05) is 42.5 Å². The van der Waals surface area contributed by atoms with Gasteiger partial charge in [-0.2, -0.15) is 5.10 Å². The van der Waals surface area contributed by atoms with Gasteiger partial charge >= 0.3 is 0 Å². The van der Waals surface area contributed by atoms with Gasteiger partial charge in [-0.1, -0.05) is 19.1 Å². The Morgan fingerprint density at radius 2 is 1.89 bits per heavy atom. The topological polar surface area (TPSA) is 112 Å². The summed E-state index contributed by atoms with van der Waals surface area (Å²) in [6, 6.07) is 16.7. The van der Waals surface area contributed by atoms with Gasteiger partial charge in [0.05, 0.1) is 35.0 Å². The number of hydrogen-bond donors (Lipinski definition) is 3. The number of halogens is 1. The number of amides is 1. The minimum atomic E-state index is -0.336. The summed E-state index contributed by atoms with van der Waals surface area (Å²) in [5, 5.41) is 12.4. The first-order valence-corrected chi connectivity index (χ1v) is 14.9. The molecule has 10 heteroatoms. The van der Waals surface area contributed by atoms with Crippen molar-refractivity contribution in [2.45, 2.75) is 26.2 Å². The van der Waals surface area contributed by atoms with Crippen molar-refractivity contribution < 1.29 is 13.9 Å². The van der Waals surface area contributed by atoms with Crippen LogP contribution in [-0.4, -0.2) is 62.2 Å². The van der Waals surface area contributed by atoms with E-state index in [0.29, 0.717) is 30.2 Å². The van der Waals surface area contributed by atoms with Crippen molar-refractivity contribution >= 4 is 33.4 Å². The Morgan fingerprint density at radius 3 is 2.75 bits per heavy atom. The molecular weight excluding hydrogens is 557 g/mol. The van der Waals surface area contributed by atoms with E-state index in [-0.39, 0.29) is 11.7 Å². The molecule has 0 aliphatic carbocycles. The molecule has 7 rings (SSSR count). The maximum atomic E-state index is 14.8. The van der Waals surface area contributed by atoms with Gasteiger partial charge in [-0.05, 0) is 73.5 Å². The highest BCUT2D eigenvalue weighted by atomic mass is 19.1. The molecule has 9 nitrogen and oxygen atoms in total. The second-order valence-electron chi connectivity index (χ2n) is 11.1. The van der Waals surface area contributed by atoms with Crippen LogP contribution in [0, 0.1) is 5.82 Å². The predicted octanol–water partition coefficient (Wildman–Crippen LogP) is 6.80. The van der Waals surface area contributed by atoms with Gasteiger partial charge in [-0.25, -0.2) is 4.39 Å². The highest BCUT2D eigenvalue weighted by molar-refractivity contribution is 6.01. The van der Waals surface area contributed by atoms with Crippen molar-refractivity contribution in [3.05, 3.63) is 79.0 Å². The summed E-state index contributed by atoms with van der Waals surface area (Å²) in [5.41, 5.74) is 6.98. The molecule has 4 aromatic heterocycles. The van der Waals surface area contributed by atoms with Crippen LogP contribution >= 0.6 is 0 Å². The number of hydrogen-bond acceptors (Lipinski definition) is 6. The molecule has 5 heterocycles. The van der Waals surface area contributed by atoms with E-state index in [9.17, 15) is 9.18 Å². The third-order valence-corrected chi connectivity index (χ3v) is 8.06. The van der Waals surface area contributed by atoms with Crippen LogP contribution < -0.4 is 10.1 Å². The third kappa shape index (κ3) is 5.63. The predicted molar refractivity (Wildman–Crippen MR) is 170 cm³/mol. The molecule has 0 radical (unpaired) electrons. The summed E-state index contributed by atoms with van der Waals surface area (Å²) in [7, 11) is 0. The Bertz CT molecular complexity index is 1980. The second-order valence-corrected chi connectivity index (χ2v) is 11.1. The van der Waals surface area contributed by atoms with E-state index in [1.165, 1.54) is 18.9 Å². The van der Waals surface area contributed by atoms with E-state index < -0.39 is 0 Å². The Labute approximate surface area is 253 Å². The zero-order valence-corrected chi connectivity index (χ0v) is 24.4. The maximum Gasteiger partial charge on any atom is 0.224 e. The lowest BCUT2D eigenvalue weighted by atomic mass is 10.0. The van der Waals surface area contributed by atoms with E-state index in [0.717, 1.165) is 69.5 Å². The molecule has 222 valence electrons. The van der Waals surface area contributed by atoms with Crippen LogP contribution in [0.5, 0.6) is 5.75 Å². The molecule has 3 N–H and O–H groups in total. The van der Waals surface area contributed by atoms with Gasteiger partial charge in [0.1, 0.15) is 23.9 Å². The van der Waals surface area contributed by atoms with Crippen LogP contribution in [0.4, 0.5) is 10.1 Å². The summed E-state index contributed by atoms with van der Waals surface area (Å²) >= 11 is 0. The third-order valence-electron chi connectivity index (χ3n) is 8.06. The number of aromatic nitrogens is 5. The van der Waals surface area contributed by atoms with Crippen molar-refractivity contribution in [1.82, 2.24) is 30.0 Å². The number of carbonyl (C=O) groups excluding carboxylic acids is 1. The first kappa shape index (κ1) is 27.7. The summed E-state index contributed by atoms with van der Waals surface area (Å²) in [4.78, 5) is 26.6. The van der Waals surface area contributed by atoms with Gasteiger partial charge in [-0.15, -0.1) is 0 Å². The first-order chi connectivity index (χ1) is 21.5. The number of nitrogens with one attached hydrogen (secondary N) is 3. The van der Waals surface area contributed by atoms with Gasteiger partial charge < -0.3 is 15.0 Å². The zero-order chi connectivity index (χ0) is 30.0. The van der Waals surface area contributed by atoms with Gasteiger partial charge in [0.15, 0.2) is 0 Å². The largest absolute Gasteiger partial charge is 0.492 e. The number of benzene rings is 2. The first-order valence-electron chi connectivity index (χ1n) is 14.9. The lowest BCUT2D eigenvalue weighted by Crippen LogP contribution is -2.25. The highest BCUT2D eigenvalue weighted by Crippen LogP contribution is 2.36. The average Bonchev–Trinajstić information content (AvgIpc) is 3.80. The molecule has 0 atom stereocenters. The fourth-order valence-corrected chi connectivity index (χ4v) is 5.81. The molecule has 1 aliphatic rings. The Balaban J connectivity index is 1.20. The van der Waals surface area contributed by atoms with E-state index in [1.54, 1.807) is 31.6 Å². The van der Waals surface area contributed by atoms with Crippen molar-refractivity contribution in [1.29, 1.82) is 0 Å². The monoisotopic (exact) mass is 589 g/mol. The molecule has 0 unspecified atom stereocenters. The van der Waals surface area contributed by atoms with E-state index >= 15 is 0 Å². The summed E-state index contributed by atoms with van der Waals surface area (Å²) < 4.78 is 20.8. The van der Waals surface area contributed by atoms with Crippen molar-refractivity contribution in [3.8, 4) is 39.5 Å². The van der Waals surface area contributed by atoms with Gasteiger partial charge in [0.2, 0.25) is 5.91 Å². The average molecular weight is 590 g/mol. The van der Waals surface area contributed by atoms with E-state index in [2.05, 4.69) is 35.4 Å². The molecule has 44 heavy (non-hydrogen) atoms. The number of likely N-dealkylation sites (tertiary alicyclic amines) is 1. The SMILES string of the molecule is CCC(=O)Nc1cncc(-c2cc3c(-c4cc5c(-c6cc(F)cc(OCCN7CCCC7)c6)cccc5[nH]4)n[nH]c3cn2)c1. The maximum absolute atomic E-state index is 14.8. The quantitative estimate of drug-likeness (QED) is 0.171. The Kier molecular flexibility index (Phi) is 7.49. The number of pyridine rings is 2. The fraction of sp³-hybridized carbons (Fsp3) is 0.235. The molecule has 6 aromatic rings. The molecule has 0 saturated carbocycles. The zero-order valence-electron chi connectivity index (χ0n) is 24.4. The number of anilines is 1. The molecule has 1 amide bonds. The number of fused-ring (bicyclic) bond motifs is 2. The number of rotatable bonds is 9. The normalized spacial score (nSPS) is 13.6. The summed E-state index contributed by atoms with van der Waals surface area (Å²) in [6.07, 6.45) is 7.91.